The van der Waals surface area contributed by atoms with E-state index in [2.05, 4.69) is 39.0 Å². The zero-order valence-corrected chi connectivity index (χ0v) is 23.9. The van der Waals surface area contributed by atoms with E-state index in [1.807, 2.05) is 24.1 Å². The highest BCUT2D eigenvalue weighted by Gasteiger charge is 2.55. The number of anilines is 2. The summed E-state index contributed by atoms with van der Waals surface area (Å²) < 4.78 is 38.9. The fourth-order valence-corrected chi connectivity index (χ4v) is 6.93. The molecule has 3 aromatic rings. The van der Waals surface area contributed by atoms with Gasteiger partial charge in [0.15, 0.2) is 0 Å². The number of rotatable bonds is 8. The van der Waals surface area contributed by atoms with E-state index in [0.29, 0.717) is 17.5 Å². The van der Waals surface area contributed by atoms with Gasteiger partial charge in [0.25, 0.3) is 0 Å². The minimum atomic E-state index is -4.38. The second kappa shape index (κ2) is 11.6. The number of carbonyl (C=O) groups is 1. The Bertz CT molecular complexity index is 1390. The molecule has 1 spiro atoms. The maximum Gasteiger partial charge on any atom is 0.416 e. The lowest BCUT2D eigenvalue weighted by molar-refractivity contribution is -0.149. The van der Waals surface area contributed by atoms with Crippen LogP contribution < -0.4 is 4.90 Å². The third kappa shape index (κ3) is 6.09. The summed E-state index contributed by atoms with van der Waals surface area (Å²) in [6.07, 6.45) is 9.56. The fourth-order valence-electron chi connectivity index (χ4n) is 6.93. The average molecular weight is 575 g/mol. The van der Waals surface area contributed by atoms with Gasteiger partial charge in [-0.1, -0.05) is 37.1 Å². The molecule has 0 radical (unpaired) electrons. The summed E-state index contributed by atoms with van der Waals surface area (Å²) >= 11 is 0. The van der Waals surface area contributed by atoms with Crippen LogP contribution in [0.3, 0.4) is 0 Å². The fraction of sp³-hybridized carbons (Fsp3) is 0.412. The Balaban J connectivity index is 1.14. The Kier molecular flexibility index (Phi) is 7.83. The van der Waals surface area contributed by atoms with Crippen LogP contribution in [0.4, 0.5) is 24.5 Å². The summed E-state index contributed by atoms with van der Waals surface area (Å²) in [5.74, 6) is -0.111. The first-order valence-corrected chi connectivity index (χ1v) is 14.8. The molecule has 5 nitrogen and oxygen atoms in total. The van der Waals surface area contributed by atoms with Gasteiger partial charge < -0.3 is 9.80 Å². The minimum Gasteiger partial charge on any atom is -0.345 e. The highest BCUT2D eigenvalue weighted by molar-refractivity contribution is 5.92. The third-order valence-electron chi connectivity index (χ3n) is 9.36. The van der Waals surface area contributed by atoms with Crippen molar-refractivity contribution in [2.45, 2.75) is 63.3 Å². The SMILES string of the molecule is CN(c1ccncc1)c1ccc(CN(C(=O)C=Cc2ccc(C(F)(F)F)cc2)C2CC3(C2)CN(C2CCCC2)C3)cc1. The number of benzene rings is 2. The molecular formula is C34H37F3N4O. The first-order chi connectivity index (χ1) is 20.2. The first-order valence-electron chi connectivity index (χ1n) is 14.8. The van der Waals surface area contributed by atoms with Crippen LogP contribution in [0.5, 0.6) is 0 Å². The van der Waals surface area contributed by atoms with Gasteiger partial charge >= 0.3 is 6.18 Å². The number of likely N-dealkylation sites (tertiary alicyclic amines) is 1. The van der Waals surface area contributed by atoms with E-state index in [-0.39, 0.29) is 11.9 Å². The first kappa shape index (κ1) is 28.5. The molecule has 6 rings (SSSR count). The number of nitrogens with zero attached hydrogens (tertiary/aromatic N) is 4. The number of halogens is 3. The standard InChI is InChI=1S/C34H37F3N4O/c1-39(29-16-18-38-19-17-29)28-13-8-26(9-14-28)22-41(31-20-33(21-31)23-40(24-33)30-4-2-3-5-30)32(42)15-10-25-6-11-27(12-7-25)34(35,36)37/h6-19,30-31H,2-5,20-24H2,1H3. The molecule has 1 saturated heterocycles. The van der Waals surface area contributed by atoms with Crippen molar-refractivity contribution in [3.8, 4) is 0 Å². The molecule has 1 amide bonds. The van der Waals surface area contributed by atoms with E-state index < -0.39 is 11.7 Å². The third-order valence-corrected chi connectivity index (χ3v) is 9.36. The van der Waals surface area contributed by atoms with Crippen molar-refractivity contribution in [3.63, 3.8) is 0 Å². The number of aromatic nitrogens is 1. The van der Waals surface area contributed by atoms with Gasteiger partial charge in [0.1, 0.15) is 0 Å². The maximum absolute atomic E-state index is 13.6. The molecule has 0 bridgehead atoms. The molecule has 42 heavy (non-hydrogen) atoms. The number of hydrogen-bond acceptors (Lipinski definition) is 4. The number of hydrogen-bond donors (Lipinski definition) is 0. The molecule has 0 unspecified atom stereocenters. The summed E-state index contributed by atoms with van der Waals surface area (Å²) in [5.41, 5.74) is 3.30. The van der Waals surface area contributed by atoms with Crippen molar-refractivity contribution >= 4 is 23.4 Å². The molecule has 8 heteroatoms. The Morgan fingerprint density at radius 3 is 2.19 bits per heavy atom. The molecule has 220 valence electrons. The van der Waals surface area contributed by atoms with Crippen molar-refractivity contribution in [1.82, 2.24) is 14.8 Å². The van der Waals surface area contributed by atoms with Crippen LogP contribution >= 0.6 is 0 Å². The van der Waals surface area contributed by atoms with Crippen molar-refractivity contribution in [3.05, 3.63) is 95.8 Å². The van der Waals surface area contributed by atoms with Gasteiger partial charge in [-0.25, -0.2) is 0 Å². The molecule has 3 fully saturated rings. The molecule has 2 aromatic carbocycles. The van der Waals surface area contributed by atoms with Gasteiger partial charge in [0.2, 0.25) is 5.91 Å². The number of pyridine rings is 1. The van der Waals surface area contributed by atoms with Gasteiger partial charge in [-0.3, -0.25) is 14.7 Å². The lowest BCUT2D eigenvalue weighted by Crippen LogP contribution is -2.68. The molecule has 0 N–H and O–H groups in total. The Labute approximate surface area is 245 Å². The van der Waals surface area contributed by atoms with Gasteiger partial charge in [-0.05, 0) is 84.7 Å². The monoisotopic (exact) mass is 574 g/mol. The normalized spacial score (nSPS) is 19.1. The van der Waals surface area contributed by atoms with Gasteiger partial charge in [-0.15, -0.1) is 0 Å². The Morgan fingerprint density at radius 1 is 0.952 bits per heavy atom. The van der Waals surface area contributed by atoms with E-state index in [1.54, 1.807) is 18.5 Å². The average Bonchev–Trinajstić information content (AvgIpc) is 3.49. The van der Waals surface area contributed by atoms with Crippen molar-refractivity contribution in [2.75, 3.05) is 25.0 Å². The van der Waals surface area contributed by atoms with Crippen LogP contribution in [0.2, 0.25) is 0 Å². The topological polar surface area (TPSA) is 39.7 Å². The van der Waals surface area contributed by atoms with Crippen LogP contribution in [0.1, 0.15) is 55.2 Å². The lowest BCUT2D eigenvalue weighted by Gasteiger charge is -2.62. The van der Waals surface area contributed by atoms with Crippen molar-refractivity contribution < 1.29 is 18.0 Å². The van der Waals surface area contributed by atoms with Crippen LogP contribution in [-0.4, -0.2) is 52.9 Å². The molecule has 2 heterocycles. The molecule has 3 aliphatic rings. The van der Waals surface area contributed by atoms with E-state index in [9.17, 15) is 18.0 Å². The smallest absolute Gasteiger partial charge is 0.345 e. The highest BCUT2D eigenvalue weighted by Crippen LogP contribution is 2.52. The minimum absolute atomic E-state index is 0.111. The zero-order valence-electron chi connectivity index (χ0n) is 23.9. The van der Waals surface area contributed by atoms with Crippen molar-refractivity contribution in [2.24, 2.45) is 5.41 Å². The molecule has 2 saturated carbocycles. The lowest BCUT2D eigenvalue weighted by atomic mass is 9.59. The summed E-state index contributed by atoms with van der Waals surface area (Å²) in [4.78, 5) is 24.3. The van der Waals surface area contributed by atoms with Crippen LogP contribution in [0.15, 0.2) is 79.1 Å². The van der Waals surface area contributed by atoms with Crippen molar-refractivity contribution in [1.29, 1.82) is 0 Å². The van der Waals surface area contributed by atoms with Crippen LogP contribution in [0.25, 0.3) is 6.08 Å². The van der Waals surface area contributed by atoms with Gasteiger partial charge in [-0.2, -0.15) is 13.2 Å². The predicted molar refractivity (Wildman–Crippen MR) is 159 cm³/mol. The van der Waals surface area contributed by atoms with Gasteiger partial charge in [0, 0.05) is 68.6 Å². The quantitative estimate of drug-likeness (QED) is 0.265. The number of amides is 1. The summed E-state index contributed by atoms with van der Waals surface area (Å²) in [5, 5.41) is 0. The maximum atomic E-state index is 13.6. The predicted octanol–water partition coefficient (Wildman–Crippen LogP) is 7.32. The molecule has 2 aliphatic carbocycles. The largest absolute Gasteiger partial charge is 0.416 e. The van der Waals surface area contributed by atoms with Gasteiger partial charge in [0.05, 0.1) is 5.56 Å². The molecule has 0 atom stereocenters. The number of alkyl halides is 3. The van der Waals surface area contributed by atoms with E-state index in [1.165, 1.54) is 43.9 Å². The molecular weight excluding hydrogens is 537 g/mol. The Morgan fingerprint density at radius 2 is 1.57 bits per heavy atom. The molecule has 1 aliphatic heterocycles. The van der Waals surface area contributed by atoms with E-state index in [0.717, 1.165) is 61.0 Å². The van der Waals surface area contributed by atoms with Crippen LogP contribution in [0, 0.1) is 5.41 Å². The zero-order chi connectivity index (χ0) is 29.3. The summed E-state index contributed by atoms with van der Waals surface area (Å²) in [6.45, 7) is 2.75. The van der Waals surface area contributed by atoms with E-state index in [4.69, 9.17) is 0 Å². The summed E-state index contributed by atoms with van der Waals surface area (Å²) in [6, 6.07) is 18.0. The number of carbonyl (C=O) groups excluding carboxylic acids is 1. The molecule has 1 aromatic heterocycles. The van der Waals surface area contributed by atoms with Crippen LogP contribution in [-0.2, 0) is 17.5 Å². The second-order valence-corrected chi connectivity index (χ2v) is 12.3. The van der Waals surface area contributed by atoms with E-state index >= 15 is 0 Å². The highest BCUT2D eigenvalue weighted by atomic mass is 19.4. The Hall–Kier alpha value is -3.65. The summed E-state index contributed by atoms with van der Waals surface area (Å²) in [7, 11) is 2.01. The second-order valence-electron chi connectivity index (χ2n) is 12.3.